The number of benzene rings is 1. The molecule has 120 valence electrons. The van der Waals surface area contributed by atoms with Crippen molar-refractivity contribution in [2.24, 2.45) is 5.73 Å². The first kappa shape index (κ1) is 15.7. The molecule has 0 saturated heterocycles. The lowest BCUT2D eigenvalue weighted by molar-refractivity contribution is -0.123. The van der Waals surface area contributed by atoms with Gasteiger partial charge in [-0.3, -0.25) is 4.79 Å². The average Bonchev–Trinajstić information content (AvgIpc) is 3.23. The van der Waals surface area contributed by atoms with Crippen molar-refractivity contribution < 1.29 is 4.79 Å². The van der Waals surface area contributed by atoms with E-state index in [1.54, 1.807) is 17.5 Å². The zero-order chi connectivity index (χ0) is 16.2. The molecule has 2 atom stereocenters. The summed E-state index contributed by atoms with van der Waals surface area (Å²) >= 11 is 1.54. The monoisotopic (exact) mass is 328 g/mol. The lowest BCUT2D eigenvalue weighted by Crippen LogP contribution is -2.43. The van der Waals surface area contributed by atoms with Crippen LogP contribution in [0.25, 0.3) is 10.9 Å². The first-order chi connectivity index (χ1) is 11.2. The number of fused-ring (bicyclic) bond motifs is 1. The standard InChI is InChI=1S/C17H20N4OS/c1-2-14(17-19-7-8-23-17)21-16(22)13(18)9-11-10-20-15-6-4-3-5-12(11)15/h3-8,10,13-14,20H,2,9,18H2,1H3,(H,21,22)/t13-,14?/m0/s1. The highest BCUT2D eigenvalue weighted by molar-refractivity contribution is 7.09. The number of aromatic amines is 1. The minimum absolute atomic E-state index is 0.0727. The number of hydrogen-bond acceptors (Lipinski definition) is 4. The number of nitrogens with one attached hydrogen (secondary N) is 2. The van der Waals surface area contributed by atoms with Crippen LogP contribution in [0.1, 0.15) is 30.0 Å². The van der Waals surface area contributed by atoms with Crippen LogP contribution in [-0.4, -0.2) is 21.9 Å². The molecule has 2 aromatic heterocycles. The van der Waals surface area contributed by atoms with Crippen molar-refractivity contribution in [1.82, 2.24) is 15.3 Å². The third kappa shape index (κ3) is 3.43. The molecule has 23 heavy (non-hydrogen) atoms. The molecule has 0 aliphatic heterocycles. The quantitative estimate of drug-likeness (QED) is 0.650. The minimum Gasteiger partial charge on any atom is -0.361 e. The Kier molecular flexibility index (Phi) is 4.73. The van der Waals surface area contributed by atoms with E-state index in [4.69, 9.17) is 5.73 Å². The number of hydrogen-bond donors (Lipinski definition) is 3. The van der Waals surface area contributed by atoms with Gasteiger partial charge < -0.3 is 16.0 Å². The van der Waals surface area contributed by atoms with Gasteiger partial charge in [-0.25, -0.2) is 4.98 Å². The van der Waals surface area contributed by atoms with Crippen molar-refractivity contribution in [3.05, 3.63) is 52.6 Å². The Bertz CT molecular complexity index is 781. The van der Waals surface area contributed by atoms with Gasteiger partial charge in [0.15, 0.2) is 0 Å². The molecule has 4 N–H and O–H groups in total. The molecule has 0 aliphatic rings. The van der Waals surface area contributed by atoms with Crippen LogP contribution in [0.2, 0.25) is 0 Å². The number of nitrogens with two attached hydrogens (primary N) is 1. The van der Waals surface area contributed by atoms with Crippen LogP contribution in [-0.2, 0) is 11.2 Å². The summed E-state index contributed by atoms with van der Waals surface area (Å²) in [6.45, 7) is 2.03. The second-order valence-corrected chi connectivity index (χ2v) is 6.44. The Morgan fingerprint density at radius 1 is 1.43 bits per heavy atom. The summed E-state index contributed by atoms with van der Waals surface area (Å²) in [5.74, 6) is -0.141. The van der Waals surface area contributed by atoms with Gasteiger partial charge in [0.2, 0.25) is 5.91 Å². The van der Waals surface area contributed by atoms with Gasteiger partial charge in [-0.1, -0.05) is 25.1 Å². The largest absolute Gasteiger partial charge is 0.361 e. The fraction of sp³-hybridized carbons (Fsp3) is 0.294. The third-order valence-corrected chi connectivity index (χ3v) is 4.81. The fourth-order valence-corrected chi connectivity index (χ4v) is 3.43. The maximum absolute atomic E-state index is 12.4. The second-order valence-electron chi connectivity index (χ2n) is 5.51. The molecule has 3 rings (SSSR count). The molecule has 0 fully saturated rings. The number of H-pyrrole nitrogens is 1. The first-order valence-corrected chi connectivity index (χ1v) is 8.57. The normalized spacial score (nSPS) is 13.8. The number of thiazole rings is 1. The maximum atomic E-state index is 12.4. The molecule has 3 aromatic rings. The van der Waals surface area contributed by atoms with Gasteiger partial charge in [-0.15, -0.1) is 11.3 Å². The topological polar surface area (TPSA) is 83.8 Å². The Morgan fingerprint density at radius 2 is 2.26 bits per heavy atom. The predicted octanol–water partition coefficient (Wildman–Crippen LogP) is 2.76. The van der Waals surface area contributed by atoms with E-state index in [0.29, 0.717) is 6.42 Å². The second kappa shape index (κ2) is 6.93. The number of para-hydroxylation sites is 1. The van der Waals surface area contributed by atoms with Gasteiger partial charge in [-0.05, 0) is 24.5 Å². The molecule has 0 bridgehead atoms. The van der Waals surface area contributed by atoms with Crippen LogP contribution in [0, 0.1) is 0 Å². The zero-order valence-electron chi connectivity index (χ0n) is 13.0. The molecule has 1 amide bonds. The number of aromatic nitrogens is 2. The maximum Gasteiger partial charge on any atom is 0.237 e. The van der Waals surface area contributed by atoms with E-state index in [0.717, 1.165) is 27.9 Å². The van der Waals surface area contributed by atoms with Gasteiger partial charge in [0, 0.05) is 28.7 Å². The highest BCUT2D eigenvalue weighted by Crippen LogP contribution is 2.20. The van der Waals surface area contributed by atoms with Crippen LogP contribution < -0.4 is 11.1 Å². The lowest BCUT2D eigenvalue weighted by atomic mass is 10.0. The van der Waals surface area contributed by atoms with E-state index in [1.807, 2.05) is 42.8 Å². The van der Waals surface area contributed by atoms with Crippen molar-refractivity contribution in [3.8, 4) is 0 Å². The average molecular weight is 328 g/mol. The Labute approximate surface area is 138 Å². The molecular weight excluding hydrogens is 308 g/mol. The summed E-state index contributed by atoms with van der Waals surface area (Å²) in [6, 6.07) is 7.37. The summed E-state index contributed by atoms with van der Waals surface area (Å²) in [4.78, 5) is 19.9. The molecule has 1 unspecified atom stereocenters. The highest BCUT2D eigenvalue weighted by Gasteiger charge is 2.21. The molecule has 5 nitrogen and oxygen atoms in total. The summed E-state index contributed by atoms with van der Waals surface area (Å²) in [6.07, 6.45) is 4.97. The Hall–Kier alpha value is -2.18. The van der Waals surface area contributed by atoms with Gasteiger partial charge in [-0.2, -0.15) is 0 Å². The Balaban J connectivity index is 1.68. The van der Waals surface area contributed by atoms with Crippen molar-refractivity contribution in [3.63, 3.8) is 0 Å². The first-order valence-electron chi connectivity index (χ1n) is 7.69. The van der Waals surface area contributed by atoms with Gasteiger partial charge in [0.1, 0.15) is 5.01 Å². The molecular formula is C17H20N4OS. The lowest BCUT2D eigenvalue weighted by Gasteiger charge is -2.18. The number of nitrogens with zero attached hydrogens (tertiary/aromatic N) is 1. The van der Waals surface area contributed by atoms with E-state index in [2.05, 4.69) is 15.3 Å². The van der Waals surface area contributed by atoms with E-state index in [-0.39, 0.29) is 11.9 Å². The molecule has 0 radical (unpaired) electrons. The predicted molar refractivity (Wildman–Crippen MR) is 93.3 cm³/mol. The zero-order valence-corrected chi connectivity index (χ0v) is 13.8. The molecule has 0 spiro atoms. The van der Waals surface area contributed by atoms with Crippen molar-refractivity contribution in [1.29, 1.82) is 0 Å². The SMILES string of the molecule is CCC(NC(=O)[C@@H](N)Cc1c[nH]c2ccccc12)c1nccs1. The van der Waals surface area contributed by atoms with Gasteiger partial charge in [0.25, 0.3) is 0 Å². The summed E-state index contributed by atoms with van der Waals surface area (Å²) in [7, 11) is 0. The van der Waals surface area contributed by atoms with Crippen LogP contribution in [0.5, 0.6) is 0 Å². The van der Waals surface area contributed by atoms with Crippen LogP contribution in [0.15, 0.2) is 42.0 Å². The van der Waals surface area contributed by atoms with Crippen LogP contribution in [0.4, 0.5) is 0 Å². The van der Waals surface area contributed by atoms with E-state index in [9.17, 15) is 4.79 Å². The molecule has 0 aliphatic carbocycles. The van der Waals surface area contributed by atoms with Crippen LogP contribution in [0.3, 0.4) is 0 Å². The van der Waals surface area contributed by atoms with E-state index in [1.165, 1.54) is 0 Å². The minimum atomic E-state index is -0.580. The van der Waals surface area contributed by atoms with E-state index >= 15 is 0 Å². The smallest absolute Gasteiger partial charge is 0.237 e. The molecule has 1 aromatic carbocycles. The van der Waals surface area contributed by atoms with Crippen molar-refractivity contribution >= 4 is 28.1 Å². The van der Waals surface area contributed by atoms with Gasteiger partial charge >= 0.3 is 0 Å². The Morgan fingerprint density at radius 3 is 3.00 bits per heavy atom. The molecule has 0 saturated carbocycles. The number of carbonyl (C=O) groups is 1. The summed E-state index contributed by atoms with van der Waals surface area (Å²) < 4.78 is 0. The third-order valence-electron chi connectivity index (χ3n) is 3.93. The number of carbonyl (C=O) groups excluding carboxylic acids is 1. The molecule has 6 heteroatoms. The van der Waals surface area contributed by atoms with Gasteiger partial charge in [0.05, 0.1) is 12.1 Å². The number of amides is 1. The van der Waals surface area contributed by atoms with E-state index < -0.39 is 6.04 Å². The van der Waals surface area contributed by atoms with Crippen LogP contribution >= 0.6 is 11.3 Å². The van der Waals surface area contributed by atoms with Crippen molar-refractivity contribution in [2.75, 3.05) is 0 Å². The summed E-state index contributed by atoms with van der Waals surface area (Å²) in [5.41, 5.74) is 8.23. The summed E-state index contributed by atoms with van der Waals surface area (Å²) in [5, 5.41) is 6.95. The fourth-order valence-electron chi connectivity index (χ4n) is 2.65. The van der Waals surface area contributed by atoms with Crippen molar-refractivity contribution in [2.45, 2.75) is 31.8 Å². The molecule has 2 heterocycles. The number of rotatable bonds is 6. The highest BCUT2D eigenvalue weighted by atomic mass is 32.1.